The molecule has 0 saturated heterocycles. The van der Waals surface area contributed by atoms with Gasteiger partial charge in [-0.2, -0.15) is 0 Å². The molecule has 0 aromatic heterocycles. The van der Waals surface area contributed by atoms with Crippen LogP contribution >= 0.6 is 11.8 Å². The van der Waals surface area contributed by atoms with E-state index in [1.165, 1.54) is 17.0 Å². The fourth-order valence-corrected chi connectivity index (χ4v) is 3.09. The van der Waals surface area contributed by atoms with Crippen LogP contribution in [0.15, 0.2) is 23.1 Å². The first kappa shape index (κ1) is 13.9. The number of fused-ring (bicyclic) bond motifs is 1. The molecule has 19 heavy (non-hydrogen) atoms. The molecule has 0 radical (unpaired) electrons. The second kappa shape index (κ2) is 5.61. The van der Waals surface area contributed by atoms with Gasteiger partial charge in [-0.05, 0) is 18.2 Å². The lowest BCUT2D eigenvalue weighted by atomic mass is 10.2. The molecular weight excluding hydrogens is 269 g/mol. The molecule has 0 fully saturated rings. The molecule has 1 aromatic rings. The van der Waals surface area contributed by atoms with Gasteiger partial charge in [0.2, 0.25) is 5.91 Å². The Balaban J connectivity index is 2.24. The number of benzene rings is 1. The van der Waals surface area contributed by atoms with E-state index in [4.69, 9.17) is 5.11 Å². The number of carbonyl (C=O) groups is 2. The molecule has 1 aliphatic heterocycles. The molecule has 1 aliphatic rings. The summed E-state index contributed by atoms with van der Waals surface area (Å²) in [5.41, 5.74) is 0.540. The molecule has 2 rings (SSSR count). The molecule has 1 aromatic carbocycles. The molecule has 1 N–H and O–H groups in total. The van der Waals surface area contributed by atoms with Crippen molar-refractivity contribution in [2.75, 3.05) is 11.4 Å². The van der Waals surface area contributed by atoms with E-state index in [-0.39, 0.29) is 24.0 Å². The molecule has 1 heterocycles. The number of carboxylic acid groups (broad SMARTS) is 1. The highest BCUT2D eigenvalue weighted by atomic mass is 32.2. The third-order valence-corrected chi connectivity index (χ3v) is 3.98. The van der Waals surface area contributed by atoms with Crippen molar-refractivity contribution in [1.29, 1.82) is 0 Å². The lowest BCUT2D eigenvalue weighted by Crippen LogP contribution is -2.38. The van der Waals surface area contributed by atoms with Gasteiger partial charge in [-0.15, -0.1) is 11.8 Å². The first-order valence-corrected chi connectivity index (χ1v) is 6.83. The minimum Gasteiger partial charge on any atom is -0.481 e. The third kappa shape index (κ3) is 3.26. The number of aliphatic carboxylic acids is 1. The van der Waals surface area contributed by atoms with Crippen LogP contribution in [0.1, 0.15) is 19.8 Å². The Labute approximate surface area is 114 Å². The minimum atomic E-state index is -1.01. The molecule has 102 valence electrons. The first-order chi connectivity index (χ1) is 8.97. The maximum Gasteiger partial charge on any atom is 0.303 e. The molecule has 1 unspecified atom stereocenters. The Bertz CT molecular complexity index is 521. The summed E-state index contributed by atoms with van der Waals surface area (Å²) in [6.07, 6.45) is -0.274. The van der Waals surface area contributed by atoms with Crippen LogP contribution in [0.3, 0.4) is 0 Å². The summed E-state index contributed by atoms with van der Waals surface area (Å²) in [7, 11) is 0. The van der Waals surface area contributed by atoms with Gasteiger partial charge in [0.05, 0.1) is 12.1 Å². The summed E-state index contributed by atoms with van der Waals surface area (Å²) in [6.45, 7) is 2.45. The Kier molecular flexibility index (Phi) is 4.09. The summed E-state index contributed by atoms with van der Waals surface area (Å²) >= 11 is 1.59. The molecule has 0 saturated carbocycles. The van der Waals surface area contributed by atoms with Crippen molar-refractivity contribution < 1.29 is 19.1 Å². The van der Waals surface area contributed by atoms with Gasteiger partial charge < -0.3 is 10.0 Å². The number of amides is 1. The Morgan fingerprint density at radius 2 is 2.21 bits per heavy atom. The molecule has 1 atom stereocenters. The predicted molar refractivity (Wildman–Crippen MR) is 70.9 cm³/mol. The van der Waals surface area contributed by atoms with E-state index in [2.05, 4.69) is 0 Å². The number of anilines is 1. The smallest absolute Gasteiger partial charge is 0.303 e. The normalized spacial score (nSPS) is 18.0. The summed E-state index contributed by atoms with van der Waals surface area (Å²) in [5, 5.41) is 8.82. The van der Waals surface area contributed by atoms with Crippen LogP contribution in [-0.4, -0.2) is 28.8 Å². The number of carboxylic acids is 1. The second-order valence-electron chi connectivity index (χ2n) is 4.44. The summed E-state index contributed by atoms with van der Waals surface area (Å²) < 4.78 is 13.3. The lowest BCUT2D eigenvalue weighted by molar-refractivity contribution is -0.138. The third-order valence-electron chi connectivity index (χ3n) is 2.83. The van der Waals surface area contributed by atoms with Gasteiger partial charge >= 0.3 is 5.97 Å². The van der Waals surface area contributed by atoms with Crippen molar-refractivity contribution in [2.24, 2.45) is 0 Å². The van der Waals surface area contributed by atoms with Gasteiger partial charge in [-0.3, -0.25) is 9.59 Å². The van der Waals surface area contributed by atoms with Gasteiger partial charge in [-0.25, -0.2) is 4.39 Å². The highest BCUT2D eigenvalue weighted by molar-refractivity contribution is 8.00. The predicted octanol–water partition coefficient (Wildman–Crippen LogP) is 2.52. The van der Waals surface area contributed by atoms with Crippen LogP contribution in [0.25, 0.3) is 0 Å². The SMILES string of the molecule is CC1CN(C(=O)CCC(=O)O)c2cc(F)ccc2S1. The number of hydrogen-bond acceptors (Lipinski definition) is 3. The highest BCUT2D eigenvalue weighted by Crippen LogP contribution is 2.39. The van der Waals surface area contributed by atoms with Crippen LogP contribution in [0.2, 0.25) is 0 Å². The molecular formula is C13H14FNO3S. The van der Waals surface area contributed by atoms with Gasteiger partial charge in [0.15, 0.2) is 0 Å². The molecule has 4 nitrogen and oxygen atoms in total. The first-order valence-electron chi connectivity index (χ1n) is 5.95. The van der Waals surface area contributed by atoms with E-state index in [0.29, 0.717) is 12.2 Å². The zero-order valence-electron chi connectivity index (χ0n) is 10.4. The quantitative estimate of drug-likeness (QED) is 0.926. The monoisotopic (exact) mass is 283 g/mol. The average Bonchev–Trinajstić information content (AvgIpc) is 2.35. The summed E-state index contributed by atoms with van der Waals surface area (Å²) in [6, 6.07) is 4.35. The van der Waals surface area contributed by atoms with Crippen molar-refractivity contribution in [2.45, 2.75) is 29.9 Å². The van der Waals surface area contributed by atoms with Crippen molar-refractivity contribution >= 4 is 29.3 Å². The number of nitrogens with zero attached hydrogens (tertiary/aromatic N) is 1. The van der Waals surface area contributed by atoms with Crippen LogP contribution in [0.4, 0.5) is 10.1 Å². The van der Waals surface area contributed by atoms with Crippen molar-refractivity contribution in [3.63, 3.8) is 0 Å². The molecule has 6 heteroatoms. The van der Waals surface area contributed by atoms with Gasteiger partial charge in [0.1, 0.15) is 5.82 Å². The Morgan fingerprint density at radius 1 is 1.47 bits per heavy atom. The van der Waals surface area contributed by atoms with E-state index < -0.39 is 11.8 Å². The van der Waals surface area contributed by atoms with Crippen molar-refractivity contribution in [3.8, 4) is 0 Å². The fraction of sp³-hybridized carbons (Fsp3) is 0.385. The molecule has 0 bridgehead atoms. The van der Waals surface area contributed by atoms with Gasteiger partial charge in [-0.1, -0.05) is 6.92 Å². The van der Waals surface area contributed by atoms with E-state index in [0.717, 1.165) is 4.90 Å². The van der Waals surface area contributed by atoms with E-state index >= 15 is 0 Å². The standard InChI is InChI=1S/C13H14FNO3S/c1-8-7-15(12(16)4-5-13(17)18)10-6-9(14)2-3-11(10)19-8/h2-3,6,8H,4-5,7H2,1H3,(H,17,18). The molecule has 0 aliphatic carbocycles. The fourth-order valence-electron chi connectivity index (χ4n) is 2.00. The van der Waals surface area contributed by atoms with E-state index in [1.807, 2.05) is 6.92 Å². The number of thioether (sulfide) groups is 1. The van der Waals surface area contributed by atoms with E-state index in [9.17, 15) is 14.0 Å². The lowest BCUT2D eigenvalue weighted by Gasteiger charge is -2.32. The maximum atomic E-state index is 13.3. The summed E-state index contributed by atoms with van der Waals surface area (Å²) in [5.74, 6) is -1.68. The summed E-state index contributed by atoms with van der Waals surface area (Å²) in [4.78, 5) is 24.9. The molecule has 1 amide bonds. The number of carbonyl (C=O) groups excluding carboxylic acids is 1. The maximum absolute atomic E-state index is 13.3. The zero-order chi connectivity index (χ0) is 14.0. The van der Waals surface area contributed by atoms with E-state index in [1.54, 1.807) is 17.8 Å². The molecule has 0 spiro atoms. The second-order valence-corrected chi connectivity index (χ2v) is 5.92. The zero-order valence-corrected chi connectivity index (χ0v) is 11.2. The Morgan fingerprint density at radius 3 is 2.89 bits per heavy atom. The minimum absolute atomic E-state index is 0.0668. The van der Waals surface area contributed by atoms with Crippen LogP contribution in [-0.2, 0) is 9.59 Å². The van der Waals surface area contributed by atoms with Crippen molar-refractivity contribution in [3.05, 3.63) is 24.0 Å². The topological polar surface area (TPSA) is 57.6 Å². The number of halogens is 1. The van der Waals surface area contributed by atoms with Gasteiger partial charge in [0.25, 0.3) is 0 Å². The van der Waals surface area contributed by atoms with Crippen molar-refractivity contribution in [1.82, 2.24) is 0 Å². The Hall–Kier alpha value is -1.56. The van der Waals surface area contributed by atoms with Crippen LogP contribution < -0.4 is 4.90 Å². The van der Waals surface area contributed by atoms with Crippen LogP contribution in [0, 0.1) is 5.82 Å². The van der Waals surface area contributed by atoms with Gasteiger partial charge in [0, 0.05) is 23.1 Å². The number of hydrogen-bond donors (Lipinski definition) is 1. The largest absolute Gasteiger partial charge is 0.481 e. The average molecular weight is 283 g/mol. The number of rotatable bonds is 3. The highest BCUT2D eigenvalue weighted by Gasteiger charge is 2.27. The van der Waals surface area contributed by atoms with Crippen LogP contribution in [0.5, 0.6) is 0 Å².